The van der Waals surface area contributed by atoms with E-state index in [1.807, 2.05) is 13.0 Å². The van der Waals surface area contributed by atoms with E-state index >= 15 is 0 Å². The third-order valence-corrected chi connectivity index (χ3v) is 6.18. The number of aryl methyl sites for hydroxylation is 1. The zero-order chi connectivity index (χ0) is 19.7. The topological polar surface area (TPSA) is 40.1 Å². The first-order valence-electron chi connectivity index (χ1n) is 9.74. The maximum atomic E-state index is 5.88. The van der Waals surface area contributed by atoms with Gasteiger partial charge in [-0.25, -0.2) is 4.99 Å². The van der Waals surface area contributed by atoms with Crippen molar-refractivity contribution in [3.05, 3.63) is 52.9 Å². The van der Waals surface area contributed by atoms with Crippen LogP contribution < -0.4 is 5.32 Å². The fraction of sp³-hybridized carbons (Fsp3) is 0.409. The molecule has 1 N–H and O–H groups in total. The Kier molecular flexibility index (Phi) is 5.53. The number of nitrogens with zero attached hydrogens (tertiary/aromatic N) is 3. The first-order chi connectivity index (χ1) is 13.5. The Morgan fingerprint density at radius 1 is 1.36 bits per heavy atom. The lowest BCUT2D eigenvalue weighted by Crippen LogP contribution is -2.55. The molecule has 2 aliphatic heterocycles. The van der Waals surface area contributed by atoms with Gasteiger partial charge in [-0.3, -0.25) is 4.90 Å². The molecule has 1 aromatic carbocycles. The summed E-state index contributed by atoms with van der Waals surface area (Å²) in [5.74, 6) is 1.06. The second kappa shape index (κ2) is 8.07. The normalized spacial score (nSPS) is 19.3. The molecule has 1 fully saturated rings. The highest BCUT2D eigenvalue weighted by Crippen LogP contribution is 2.39. The predicted molar refractivity (Wildman–Crippen MR) is 119 cm³/mol. The largest absolute Gasteiger partial charge is 0.375 e. The zero-order valence-corrected chi connectivity index (χ0v) is 17.7. The smallest absolute Gasteiger partial charge is 0.139 e. The second-order valence-electron chi connectivity index (χ2n) is 7.73. The molecule has 0 aliphatic carbocycles. The van der Waals surface area contributed by atoms with Crippen molar-refractivity contribution in [2.45, 2.75) is 19.9 Å². The van der Waals surface area contributed by atoms with E-state index in [0.29, 0.717) is 19.3 Å². The number of thiophene rings is 1. The number of fused-ring (bicyclic) bond motifs is 2. The molecule has 1 saturated heterocycles. The number of para-hydroxylation sites is 2. The number of nitrogens with one attached hydrogen (secondary N) is 1. The van der Waals surface area contributed by atoms with Gasteiger partial charge in [0.25, 0.3) is 0 Å². The monoisotopic (exact) mass is 396 g/mol. The van der Waals surface area contributed by atoms with Gasteiger partial charge in [-0.1, -0.05) is 24.3 Å². The summed E-state index contributed by atoms with van der Waals surface area (Å²) in [7, 11) is 2.18. The van der Waals surface area contributed by atoms with E-state index in [4.69, 9.17) is 9.73 Å². The molecule has 1 atom stereocenters. The van der Waals surface area contributed by atoms with Crippen molar-refractivity contribution >= 4 is 33.5 Å². The number of rotatable bonds is 4. The minimum absolute atomic E-state index is 0.338. The third kappa shape index (κ3) is 3.99. The van der Waals surface area contributed by atoms with Gasteiger partial charge in [0, 0.05) is 24.5 Å². The maximum Gasteiger partial charge on any atom is 0.139 e. The van der Waals surface area contributed by atoms with E-state index in [1.54, 1.807) is 11.3 Å². The van der Waals surface area contributed by atoms with Crippen molar-refractivity contribution < 1.29 is 4.74 Å². The lowest BCUT2D eigenvalue weighted by atomic mass is 10.1. The van der Waals surface area contributed by atoms with Crippen molar-refractivity contribution in [1.82, 2.24) is 9.80 Å². The molecular weight excluding hydrogens is 368 g/mol. The molecule has 4 rings (SSSR count). The van der Waals surface area contributed by atoms with Crippen LogP contribution in [0.4, 0.5) is 16.4 Å². The molecule has 148 valence electrons. The highest BCUT2D eigenvalue weighted by molar-refractivity contribution is 7.16. The van der Waals surface area contributed by atoms with Crippen LogP contribution in [0.15, 0.2) is 47.5 Å². The van der Waals surface area contributed by atoms with E-state index in [1.165, 1.54) is 15.4 Å². The number of aliphatic imine (C=N–C) groups is 1. The predicted octanol–water partition coefficient (Wildman–Crippen LogP) is 4.40. The van der Waals surface area contributed by atoms with Crippen molar-refractivity contribution in [3.63, 3.8) is 0 Å². The van der Waals surface area contributed by atoms with Gasteiger partial charge in [-0.2, -0.15) is 0 Å². The molecule has 0 saturated carbocycles. The Morgan fingerprint density at radius 3 is 3.00 bits per heavy atom. The Labute approximate surface area is 171 Å². The molecule has 0 bridgehead atoms. The molecule has 2 aromatic rings. The molecule has 0 spiro atoms. The Morgan fingerprint density at radius 2 is 2.18 bits per heavy atom. The lowest BCUT2D eigenvalue weighted by Gasteiger charge is -2.40. The number of piperazine rings is 1. The highest BCUT2D eigenvalue weighted by atomic mass is 32.1. The van der Waals surface area contributed by atoms with Crippen molar-refractivity contribution in [1.29, 1.82) is 0 Å². The molecule has 1 unspecified atom stereocenters. The van der Waals surface area contributed by atoms with Crippen LogP contribution in [0.25, 0.3) is 0 Å². The van der Waals surface area contributed by atoms with Crippen LogP contribution in [0.2, 0.25) is 0 Å². The number of likely N-dealkylation sites (N-methyl/N-ethyl adjacent to an activating group) is 1. The summed E-state index contributed by atoms with van der Waals surface area (Å²) >= 11 is 1.79. The van der Waals surface area contributed by atoms with Crippen LogP contribution in [0, 0.1) is 6.92 Å². The molecule has 5 nitrogen and oxygen atoms in total. The average Bonchev–Trinajstić information content (AvgIpc) is 2.95. The van der Waals surface area contributed by atoms with Crippen molar-refractivity contribution in [3.8, 4) is 0 Å². The van der Waals surface area contributed by atoms with E-state index in [9.17, 15) is 0 Å². The first-order valence-corrected chi connectivity index (χ1v) is 10.6. The maximum absolute atomic E-state index is 5.88. The van der Waals surface area contributed by atoms with E-state index in [-0.39, 0.29) is 0 Å². The lowest BCUT2D eigenvalue weighted by molar-refractivity contribution is 0.0488. The highest BCUT2D eigenvalue weighted by Gasteiger charge is 2.30. The minimum atomic E-state index is 0.338. The van der Waals surface area contributed by atoms with Gasteiger partial charge < -0.3 is 15.0 Å². The summed E-state index contributed by atoms with van der Waals surface area (Å²) in [5.41, 5.74) is 4.32. The fourth-order valence-electron chi connectivity index (χ4n) is 3.68. The fourth-order valence-corrected chi connectivity index (χ4v) is 4.60. The number of ether oxygens (including phenoxy) is 1. The summed E-state index contributed by atoms with van der Waals surface area (Å²) in [6.07, 6.45) is 0. The van der Waals surface area contributed by atoms with Crippen LogP contribution in [0.5, 0.6) is 0 Å². The Bertz CT molecular complexity index is 904. The van der Waals surface area contributed by atoms with Crippen LogP contribution in [-0.2, 0) is 4.74 Å². The first kappa shape index (κ1) is 19.2. The third-order valence-electron chi connectivity index (χ3n) is 5.21. The number of anilines is 2. The molecule has 0 radical (unpaired) electrons. The molecule has 28 heavy (non-hydrogen) atoms. The van der Waals surface area contributed by atoms with E-state index < -0.39 is 0 Å². The summed E-state index contributed by atoms with van der Waals surface area (Å²) in [6.45, 7) is 12.3. The summed E-state index contributed by atoms with van der Waals surface area (Å²) in [4.78, 5) is 11.2. The quantitative estimate of drug-likeness (QED) is 0.778. The minimum Gasteiger partial charge on any atom is -0.375 e. The second-order valence-corrected chi connectivity index (χ2v) is 8.99. The van der Waals surface area contributed by atoms with Gasteiger partial charge in [0.15, 0.2) is 0 Å². The molecule has 0 amide bonds. The number of hydrogen-bond donors (Lipinski definition) is 1. The summed E-state index contributed by atoms with van der Waals surface area (Å²) in [5, 5.41) is 4.77. The van der Waals surface area contributed by atoms with Gasteiger partial charge in [0.1, 0.15) is 10.8 Å². The van der Waals surface area contributed by atoms with E-state index in [2.05, 4.69) is 59.9 Å². The van der Waals surface area contributed by atoms with E-state index in [0.717, 1.165) is 42.4 Å². The van der Waals surface area contributed by atoms with Crippen LogP contribution in [-0.4, -0.2) is 61.6 Å². The van der Waals surface area contributed by atoms with Gasteiger partial charge in [0.05, 0.1) is 36.2 Å². The van der Waals surface area contributed by atoms with Crippen LogP contribution in [0.1, 0.15) is 17.4 Å². The number of amidine groups is 1. The molecule has 3 heterocycles. The summed E-state index contributed by atoms with van der Waals surface area (Å²) in [6, 6.07) is 10.9. The van der Waals surface area contributed by atoms with Crippen molar-refractivity contribution in [2.24, 2.45) is 4.99 Å². The zero-order valence-electron chi connectivity index (χ0n) is 16.9. The SMILES string of the molecule is C=C(C)COCC1CN(C2=Nc3ccccc3Nc3sc(C)cc32)CCN1C. The van der Waals surface area contributed by atoms with Crippen LogP contribution >= 0.6 is 11.3 Å². The Balaban J connectivity index is 1.62. The summed E-state index contributed by atoms with van der Waals surface area (Å²) < 4.78 is 5.88. The molecule has 6 heteroatoms. The standard InChI is InChI=1S/C22H28N4OS/c1-15(2)13-27-14-17-12-26(10-9-25(17)4)21-18-11-16(3)28-22(18)24-20-8-6-5-7-19(20)23-21/h5-8,11,17,24H,1,9-10,12-14H2,2-4H3. The molecule has 1 aromatic heterocycles. The Hall–Kier alpha value is -2.15. The average molecular weight is 397 g/mol. The number of hydrogen-bond acceptors (Lipinski definition) is 6. The number of benzene rings is 1. The molecule has 2 aliphatic rings. The van der Waals surface area contributed by atoms with Crippen LogP contribution in [0.3, 0.4) is 0 Å². The van der Waals surface area contributed by atoms with Gasteiger partial charge >= 0.3 is 0 Å². The van der Waals surface area contributed by atoms with Crippen molar-refractivity contribution in [2.75, 3.05) is 45.2 Å². The van der Waals surface area contributed by atoms with Gasteiger partial charge in [-0.05, 0) is 39.1 Å². The molecular formula is C22H28N4OS. The van der Waals surface area contributed by atoms with Gasteiger partial charge in [-0.15, -0.1) is 11.3 Å². The van der Waals surface area contributed by atoms with Gasteiger partial charge in [0.2, 0.25) is 0 Å².